The van der Waals surface area contributed by atoms with Crippen LogP contribution in [-0.4, -0.2) is 18.0 Å². The number of benzene rings is 2. The van der Waals surface area contributed by atoms with Gasteiger partial charge in [-0.15, -0.1) is 0 Å². The third-order valence-corrected chi connectivity index (χ3v) is 4.39. The first-order chi connectivity index (χ1) is 11.7. The van der Waals surface area contributed by atoms with Crippen molar-refractivity contribution in [3.63, 3.8) is 0 Å². The van der Waals surface area contributed by atoms with Crippen LogP contribution in [0.2, 0.25) is 0 Å². The van der Waals surface area contributed by atoms with Crippen LogP contribution in [-0.2, 0) is 19.7 Å². The smallest absolute Gasteiger partial charge is 0.316 e. The average Bonchev–Trinajstić information content (AvgIpc) is 2.58. The molecule has 2 aromatic rings. The van der Waals surface area contributed by atoms with Crippen molar-refractivity contribution in [2.24, 2.45) is 0 Å². The summed E-state index contributed by atoms with van der Waals surface area (Å²) < 4.78 is 5.43. The number of hydrogen-bond donors (Lipinski definition) is 1. The van der Waals surface area contributed by atoms with Gasteiger partial charge in [-0.2, -0.15) is 0 Å². The van der Waals surface area contributed by atoms with E-state index in [0.29, 0.717) is 0 Å². The lowest BCUT2D eigenvalue weighted by Crippen LogP contribution is -2.37. The van der Waals surface area contributed by atoms with Gasteiger partial charge in [0.1, 0.15) is 0 Å². The van der Waals surface area contributed by atoms with Gasteiger partial charge in [-0.3, -0.25) is 9.59 Å². The molecule has 0 heterocycles. The lowest BCUT2D eigenvalue weighted by atomic mass is 9.85. The van der Waals surface area contributed by atoms with Gasteiger partial charge in [-0.05, 0) is 51.3 Å². The largest absolute Gasteiger partial charge is 0.452 e. The Kier molecular flexibility index (Phi) is 5.62. The molecular weight excluding hydrogens is 314 g/mol. The topological polar surface area (TPSA) is 55.4 Å². The van der Waals surface area contributed by atoms with Crippen molar-refractivity contribution in [3.05, 3.63) is 65.2 Å². The zero-order valence-electron chi connectivity index (χ0n) is 15.4. The molecule has 1 N–H and O–H groups in total. The molecule has 4 nitrogen and oxygen atoms in total. The predicted octanol–water partition coefficient (Wildman–Crippen LogP) is 4.15. The van der Waals surface area contributed by atoms with Gasteiger partial charge >= 0.3 is 5.97 Å². The van der Waals surface area contributed by atoms with Crippen LogP contribution in [0.4, 0.5) is 5.69 Å². The summed E-state index contributed by atoms with van der Waals surface area (Å²) in [4.78, 5) is 25.0. The van der Waals surface area contributed by atoms with Crippen LogP contribution in [0, 0.1) is 13.8 Å². The summed E-state index contributed by atoms with van der Waals surface area (Å²) in [6.07, 6.45) is -0.880. The lowest BCUT2D eigenvalue weighted by Gasteiger charge is -2.25. The molecule has 0 aromatic heterocycles. The highest BCUT2D eigenvalue weighted by molar-refractivity contribution is 5.97. The number of amides is 1. The molecule has 2 aromatic carbocycles. The number of ether oxygens (including phenoxy) is 1. The normalized spacial score (nSPS) is 12.4. The minimum absolute atomic E-state index is 0.338. The van der Waals surface area contributed by atoms with Crippen molar-refractivity contribution in [3.8, 4) is 0 Å². The number of aryl methyl sites for hydroxylation is 2. The third kappa shape index (κ3) is 4.27. The molecule has 0 saturated carbocycles. The molecule has 0 unspecified atom stereocenters. The second kappa shape index (κ2) is 7.51. The first-order valence-electron chi connectivity index (χ1n) is 8.37. The van der Waals surface area contributed by atoms with Crippen molar-refractivity contribution in [1.82, 2.24) is 0 Å². The molecule has 0 saturated heterocycles. The van der Waals surface area contributed by atoms with Crippen molar-refractivity contribution in [2.45, 2.75) is 46.1 Å². The van der Waals surface area contributed by atoms with Crippen LogP contribution < -0.4 is 5.32 Å². The monoisotopic (exact) mass is 339 g/mol. The SMILES string of the molecule is Cc1cccc(C)c1NC(=O)[C@@H](C)OC(=O)C(C)(C)c1ccccc1. The number of hydrogen-bond acceptors (Lipinski definition) is 3. The van der Waals surface area contributed by atoms with Crippen molar-refractivity contribution in [2.75, 3.05) is 5.32 Å². The van der Waals surface area contributed by atoms with Crippen LogP contribution >= 0.6 is 0 Å². The predicted molar refractivity (Wildman–Crippen MR) is 99.6 cm³/mol. The van der Waals surface area contributed by atoms with E-state index in [1.54, 1.807) is 20.8 Å². The first kappa shape index (κ1) is 18.7. The van der Waals surface area contributed by atoms with Crippen molar-refractivity contribution < 1.29 is 14.3 Å². The number of esters is 1. The Hall–Kier alpha value is -2.62. The number of anilines is 1. The van der Waals surface area contributed by atoms with E-state index in [4.69, 9.17) is 4.74 Å². The third-order valence-electron chi connectivity index (χ3n) is 4.39. The van der Waals surface area contributed by atoms with E-state index in [0.717, 1.165) is 22.4 Å². The fourth-order valence-electron chi connectivity index (χ4n) is 2.57. The number of carbonyl (C=O) groups is 2. The number of para-hydroxylation sites is 1. The summed E-state index contributed by atoms with van der Waals surface area (Å²) in [5.74, 6) is -0.766. The Balaban J connectivity index is 2.07. The zero-order valence-corrected chi connectivity index (χ0v) is 15.4. The molecule has 25 heavy (non-hydrogen) atoms. The van der Waals surface area contributed by atoms with E-state index in [2.05, 4.69) is 5.32 Å². The van der Waals surface area contributed by atoms with Gasteiger partial charge in [0, 0.05) is 5.69 Å². The maximum atomic E-state index is 12.6. The highest BCUT2D eigenvalue weighted by Gasteiger charge is 2.33. The van der Waals surface area contributed by atoms with Crippen LogP contribution in [0.1, 0.15) is 37.5 Å². The number of rotatable bonds is 5. The molecule has 0 radical (unpaired) electrons. The number of nitrogens with one attached hydrogen (secondary N) is 1. The fourth-order valence-corrected chi connectivity index (χ4v) is 2.57. The Morgan fingerprint density at radius 3 is 2.08 bits per heavy atom. The maximum Gasteiger partial charge on any atom is 0.316 e. The summed E-state index contributed by atoms with van der Waals surface area (Å²) in [6.45, 7) is 9.03. The zero-order chi connectivity index (χ0) is 18.6. The Labute approximate surface area is 149 Å². The molecule has 0 bridgehead atoms. The van der Waals surface area contributed by atoms with Crippen molar-refractivity contribution in [1.29, 1.82) is 0 Å². The van der Waals surface area contributed by atoms with E-state index in [-0.39, 0.29) is 5.91 Å². The summed E-state index contributed by atoms with van der Waals surface area (Å²) in [6, 6.07) is 15.2. The van der Waals surface area contributed by atoms with Gasteiger partial charge in [-0.1, -0.05) is 48.5 Å². The molecule has 2 rings (SSSR count). The molecule has 1 amide bonds. The van der Waals surface area contributed by atoms with Gasteiger partial charge in [0.15, 0.2) is 6.10 Å². The summed E-state index contributed by atoms with van der Waals surface area (Å²) in [5, 5.41) is 2.86. The Morgan fingerprint density at radius 2 is 1.52 bits per heavy atom. The minimum Gasteiger partial charge on any atom is -0.452 e. The van der Waals surface area contributed by atoms with E-state index in [1.165, 1.54) is 0 Å². The van der Waals surface area contributed by atoms with Crippen LogP contribution in [0.25, 0.3) is 0 Å². The van der Waals surface area contributed by atoms with Gasteiger partial charge < -0.3 is 10.1 Å². The van der Waals surface area contributed by atoms with Crippen LogP contribution in [0.3, 0.4) is 0 Å². The average molecular weight is 339 g/mol. The molecule has 4 heteroatoms. The highest BCUT2D eigenvalue weighted by Crippen LogP contribution is 2.25. The molecular formula is C21H25NO3. The van der Waals surface area contributed by atoms with Gasteiger partial charge in [0.2, 0.25) is 0 Å². The summed E-state index contributed by atoms with van der Waals surface area (Å²) in [7, 11) is 0. The molecule has 0 aliphatic rings. The van der Waals surface area contributed by atoms with E-state index >= 15 is 0 Å². The molecule has 0 spiro atoms. The van der Waals surface area contributed by atoms with E-state index < -0.39 is 17.5 Å². The second-order valence-corrected chi connectivity index (χ2v) is 6.79. The molecule has 0 aliphatic heterocycles. The van der Waals surface area contributed by atoms with Crippen LogP contribution in [0.5, 0.6) is 0 Å². The lowest BCUT2D eigenvalue weighted by molar-refractivity contribution is -0.158. The Bertz CT molecular complexity index is 746. The standard InChI is InChI=1S/C21H25NO3/c1-14-10-9-11-15(2)18(14)22-19(23)16(3)25-20(24)21(4,5)17-12-7-6-8-13-17/h6-13,16H,1-5H3,(H,22,23)/t16-/m1/s1. The molecule has 0 fully saturated rings. The summed E-state index contributed by atoms with van der Waals surface area (Å²) >= 11 is 0. The summed E-state index contributed by atoms with van der Waals surface area (Å²) in [5.41, 5.74) is 2.72. The highest BCUT2D eigenvalue weighted by atomic mass is 16.5. The number of carbonyl (C=O) groups excluding carboxylic acids is 2. The first-order valence-corrected chi connectivity index (χ1v) is 8.37. The quantitative estimate of drug-likeness (QED) is 0.833. The Morgan fingerprint density at radius 1 is 0.960 bits per heavy atom. The second-order valence-electron chi connectivity index (χ2n) is 6.79. The molecule has 0 aliphatic carbocycles. The van der Waals surface area contributed by atoms with E-state index in [1.807, 2.05) is 62.4 Å². The maximum absolute atomic E-state index is 12.6. The van der Waals surface area contributed by atoms with E-state index in [9.17, 15) is 9.59 Å². The minimum atomic E-state index is -0.880. The van der Waals surface area contributed by atoms with Gasteiger partial charge in [0.25, 0.3) is 5.91 Å². The molecule has 1 atom stereocenters. The van der Waals surface area contributed by atoms with Gasteiger partial charge in [-0.25, -0.2) is 0 Å². The van der Waals surface area contributed by atoms with Gasteiger partial charge in [0.05, 0.1) is 5.41 Å². The van der Waals surface area contributed by atoms with Crippen molar-refractivity contribution >= 4 is 17.6 Å². The molecule has 132 valence electrons. The van der Waals surface area contributed by atoms with Crippen LogP contribution in [0.15, 0.2) is 48.5 Å². The fraction of sp³-hybridized carbons (Fsp3) is 0.333.